The molecule has 0 unspecified atom stereocenters. The van der Waals surface area contributed by atoms with E-state index in [-0.39, 0.29) is 35.4 Å². The normalized spacial score (nSPS) is 51.5. The first kappa shape index (κ1) is 21.6. The molecule has 0 aromatic carbocycles. The molecule has 0 amide bonds. The van der Waals surface area contributed by atoms with Gasteiger partial charge >= 0.3 is 0 Å². The molecule has 10 atom stereocenters. The van der Waals surface area contributed by atoms with Crippen LogP contribution in [0.15, 0.2) is 16.7 Å². The number of hydrogen-bond donors (Lipinski definition) is 2. The van der Waals surface area contributed by atoms with E-state index >= 15 is 0 Å². The Bertz CT molecular complexity index is 879. The average molecular weight is 433 g/mol. The molecule has 2 saturated heterocycles. The topological polar surface area (TPSA) is 89.1 Å². The molecule has 6 heteroatoms. The molecule has 2 aliphatic heterocycles. The van der Waals surface area contributed by atoms with Crippen molar-refractivity contribution in [3.05, 3.63) is 23.7 Å². The number of furan rings is 1. The summed E-state index contributed by atoms with van der Waals surface area (Å²) in [4.78, 5) is 14.0. The van der Waals surface area contributed by atoms with Crippen molar-refractivity contribution in [3.8, 4) is 0 Å². The highest BCUT2D eigenvalue weighted by Gasteiger charge is 2.79. The predicted octanol–water partition coefficient (Wildman–Crippen LogP) is 3.26. The van der Waals surface area contributed by atoms with Crippen LogP contribution in [0.25, 0.3) is 0 Å². The summed E-state index contributed by atoms with van der Waals surface area (Å²) in [6, 6.07) is 1.94. The molecule has 172 valence electrons. The van der Waals surface area contributed by atoms with Crippen LogP contribution in [0.5, 0.6) is 0 Å². The molecule has 1 aromatic rings. The number of carbonyl (C=O) groups excluding carboxylic acids is 1. The van der Waals surface area contributed by atoms with Crippen LogP contribution in [0.3, 0.4) is 0 Å². The average Bonchev–Trinajstić information content (AvgIpc) is 3.39. The van der Waals surface area contributed by atoms with Gasteiger partial charge in [-0.1, -0.05) is 20.8 Å². The fourth-order valence-electron chi connectivity index (χ4n) is 7.65. The zero-order chi connectivity index (χ0) is 22.3. The second-order valence-corrected chi connectivity index (χ2v) is 11.1. The molecule has 1 spiro atoms. The number of fused-ring (bicyclic) bond motifs is 3. The Morgan fingerprint density at radius 1 is 1.26 bits per heavy atom. The predicted molar refractivity (Wildman–Crippen MR) is 113 cm³/mol. The summed E-state index contributed by atoms with van der Waals surface area (Å²) in [7, 11) is 0. The van der Waals surface area contributed by atoms with E-state index in [4.69, 9.17) is 13.9 Å². The molecule has 3 heterocycles. The first-order valence-electron chi connectivity index (χ1n) is 11.9. The summed E-state index contributed by atoms with van der Waals surface area (Å²) in [5, 5.41) is 23.2. The summed E-state index contributed by atoms with van der Waals surface area (Å²) in [5.41, 5.74) is -1.26. The molecule has 4 aliphatic rings. The molecule has 5 rings (SSSR count). The minimum atomic E-state index is -1.46. The molecule has 2 saturated carbocycles. The maximum atomic E-state index is 14.0. The van der Waals surface area contributed by atoms with Gasteiger partial charge in [0.1, 0.15) is 17.1 Å². The Morgan fingerprint density at radius 3 is 2.61 bits per heavy atom. The van der Waals surface area contributed by atoms with Crippen LogP contribution in [0.1, 0.15) is 58.3 Å². The Balaban J connectivity index is 1.58. The van der Waals surface area contributed by atoms with Gasteiger partial charge in [-0.15, -0.1) is 0 Å². The zero-order valence-electron chi connectivity index (χ0n) is 19.3. The van der Waals surface area contributed by atoms with Crippen LogP contribution in [-0.2, 0) is 20.7 Å². The van der Waals surface area contributed by atoms with Crippen molar-refractivity contribution in [1.82, 2.24) is 0 Å². The Kier molecular flexibility index (Phi) is 4.81. The second kappa shape index (κ2) is 6.89. The summed E-state index contributed by atoms with van der Waals surface area (Å²) in [6.07, 6.45) is 3.43. The van der Waals surface area contributed by atoms with Gasteiger partial charge in [0.05, 0.1) is 30.5 Å². The van der Waals surface area contributed by atoms with E-state index in [9.17, 15) is 15.0 Å². The van der Waals surface area contributed by atoms with Gasteiger partial charge in [0.2, 0.25) is 0 Å². The molecule has 31 heavy (non-hydrogen) atoms. The minimum absolute atomic E-state index is 0.0355. The summed E-state index contributed by atoms with van der Waals surface area (Å²) >= 11 is 0. The van der Waals surface area contributed by atoms with Crippen LogP contribution in [0.2, 0.25) is 0 Å². The minimum Gasteiger partial charge on any atom is -0.469 e. The van der Waals surface area contributed by atoms with E-state index in [1.165, 1.54) is 0 Å². The van der Waals surface area contributed by atoms with Gasteiger partial charge in [-0.2, -0.15) is 0 Å². The van der Waals surface area contributed by atoms with Crippen molar-refractivity contribution in [2.24, 2.45) is 35.5 Å². The molecular formula is C25H36O6. The lowest BCUT2D eigenvalue weighted by molar-refractivity contribution is -0.298. The number of carbonyl (C=O) groups is 1. The number of hydrogen-bond acceptors (Lipinski definition) is 6. The third-order valence-electron chi connectivity index (χ3n) is 9.06. The lowest BCUT2D eigenvalue weighted by Crippen LogP contribution is -2.67. The van der Waals surface area contributed by atoms with E-state index < -0.39 is 29.0 Å². The number of rotatable bonds is 3. The van der Waals surface area contributed by atoms with Crippen molar-refractivity contribution < 1.29 is 28.9 Å². The van der Waals surface area contributed by atoms with Crippen LogP contribution in [-0.4, -0.2) is 45.7 Å². The highest BCUT2D eigenvalue weighted by Crippen LogP contribution is 2.66. The van der Waals surface area contributed by atoms with Crippen molar-refractivity contribution in [2.75, 3.05) is 6.61 Å². The van der Waals surface area contributed by atoms with Gasteiger partial charge < -0.3 is 24.1 Å². The summed E-state index contributed by atoms with van der Waals surface area (Å²) in [6.45, 7) is 10.6. The van der Waals surface area contributed by atoms with E-state index in [0.29, 0.717) is 32.3 Å². The van der Waals surface area contributed by atoms with Crippen molar-refractivity contribution in [3.63, 3.8) is 0 Å². The van der Waals surface area contributed by atoms with E-state index in [2.05, 4.69) is 6.92 Å². The van der Waals surface area contributed by atoms with Crippen molar-refractivity contribution in [1.29, 1.82) is 0 Å². The Labute approximate surface area is 184 Å². The molecule has 6 nitrogen and oxygen atoms in total. The van der Waals surface area contributed by atoms with Gasteiger partial charge in [0, 0.05) is 24.7 Å². The maximum absolute atomic E-state index is 14.0. The second-order valence-electron chi connectivity index (χ2n) is 11.1. The molecule has 0 radical (unpaired) electrons. The Morgan fingerprint density at radius 2 is 2.00 bits per heavy atom. The number of ketones is 1. The third kappa shape index (κ3) is 2.74. The van der Waals surface area contributed by atoms with Gasteiger partial charge in [-0.3, -0.25) is 4.79 Å². The van der Waals surface area contributed by atoms with Crippen LogP contribution < -0.4 is 0 Å². The molecule has 4 fully saturated rings. The van der Waals surface area contributed by atoms with E-state index in [1.54, 1.807) is 6.26 Å². The van der Waals surface area contributed by atoms with Gasteiger partial charge in [-0.25, -0.2) is 0 Å². The lowest BCUT2D eigenvalue weighted by atomic mass is 9.53. The van der Waals surface area contributed by atoms with Crippen LogP contribution in [0.4, 0.5) is 0 Å². The molecule has 1 aromatic heterocycles. The quantitative estimate of drug-likeness (QED) is 0.762. The monoisotopic (exact) mass is 432 g/mol. The number of aliphatic hydroxyl groups is 2. The van der Waals surface area contributed by atoms with E-state index in [1.807, 2.05) is 33.8 Å². The number of ether oxygens (including phenoxy) is 2. The van der Waals surface area contributed by atoms with Crippen LogP contribution in [0, 0.1) is 42.4 Å². The fourth-order valence-corrected chi connectivity index (χ4v) is 7.65. The number of aryl methyl sites for hydroxylation is 2. The first-order valence-corrected chi connectivity index (χ1v) is 11.9. The smallest absolute Gasteiger partial charge is 0.199 e. The van der Waals surface area contributed by atoms with Gasteiger partial charge in [0.15, 0.2) is 5.79 Å². The fraction of sp³-hybridized carbons (Fsp3) is 0.800. The largest absolute Gasteiger partial charge is 0.469 e. The first-order chi connectivity index (χ1) is 14.5. The highest BCUT2D eigenvalue weighted by atomic mass is 16.7. The van der Waals surface area contributed by atoms with Gasteiger partial charge in [0.25, 0.3) is 0 Å². The molecule has 2 N–H and O–H groups in total. The lowest BCUT2D eigenvalue weighted by Gasteiger charge is -2.52. The van der Waals surface area contributed by atoms with Crippen molar-refractivity contribution in [2.45, 2.75) is 83.4 Å². The third-order valence-corrected chi connectivity index (χ3v) is 9.06. The summed E-state index contributed by atoms with van der Waals surface area (Å²) < 4.78 is 18.6. The van der Waals surface area contributed by atoms with Gasteiger partial charge in [-0.05, 0) is 56.1 Å². The molecule has 2 aliphatic carbocycles. The van der Waals surface area contributed by atoms with Crippen LogP contribution >= 0.6 is 0 Å². The highest BCUT2D eigenvalue weighted by molar-refractivity contribution is 5.88. The molecular weight excluding hydrogens is 396 g/mol. The van der Waals surface area contributed by atoms with E-state index in [0.717, 1.165) is 11.3 Å². The van der Waals surface area contributed by atoms with Crippen molar-refractivity contribution >= 4 is 5.78 Å². The zero-order valence-corrected chi connectivity index (χ0v) is 19.3. The summed E-state index contributed by atoms with van der Waals surface area (Å²) in [5.74, 6) is -1.49. The maximum Gasteiger partial charge on any atom is 0.199 e. The SMILES string of the molecule is Cc1ccoc1CC[C@]1(C)O[C@@]2(C[C@@H](C)CO2)[C@@]2(O)[C@H](C)[C@@H]3[C@H](C(=O)[C@H]21)[C@@H](C)C[C@@H]3O. The number of aliphatic hydroxyl groups excluding tert-OH is 1. The molecule has 0 bridgehead atoms. The number of Topliss-reactive ketones (excluding diaryl/α,β-unsaturated/α-hetero) is 1. The Hall–Kier alpha value is -1.21. The standard InChI is InChI=1S/C25H36O6/c1-13-11-24(30-12-13)25(28)16(4)20-17(26)10-15(3)19(20)21(27)22(25)23(5,31-24)8-6-18-14(2)7-9-29-18/h7,9,13,15-17,19-20,22,26,28H,6,8,10-12H2,1-5H3/t13-,15+,16-,17+,19-,20+,22+,23+,24+,25-/m1/s1.